The quantitative estimate of drug-likeness (QED) is 0.788. The number of carbonyl (C=O) groups excluding carboxylic acids is 1. The Hall–Kier alpha value is -0.570. The van der Waals surface area contributed by atoms with Crippen LogP contribution in [-0.4, -0.2) is 36.5 Å². The Bertz CT molecular complexity index is 255. The lowest BCUT2D eigenvalue weighted by atomic mass is 10.1. The normalized spacial score (nSPS) is 24.6. The smallest absolute Gasteiger partial charge is 0.225 e. The number of hydrogen-bond donors (Lipinski definition) is 1. The predicted octanol–water partition coefficient (Wildman–Crippen LogP) is 2.56. The highest BCUT2D eigenvalue weighted by Gasteiger charge is 2.28. The predicted molar refractivity (Wildman–Crippen MR) is 74.5 cm³/mol. The Labute approximate surface area is 111 Å². The molecule has 2 aliphatic rings. The van der Waals surface area contributed by atoms with E-state index in [2.05, 4.69) is 17.1 Å². The molecule has 2 fully saturated rings. The molecule has 2 rings (SSSR count). The molecular formula is C15H28N2O. The molecule has 0 bridgehead atoms. The SMILES string of the molecule is CCCCN(CC1CCCN1)C(=O)C1CCCC1. The van der Waals surface area contributed by atoms with Gasteiger partial charge in [-0.25, -0.2) is 0 Å². The second-order valence-corrected chi connectivity index (χ2v) is 5.91. The third kappa shape index (κ3) is 3.71. The Morgan fingerprint density at radius 1 is 1.22 bits per heavy atom. The maximum Gasteiger partial charge on any atom is 0.225 e. The number of rotatable bonds is 6. The van der Waals surface area contributed by atoms with E-state index in [1.165, 1.54) is 32.1 Å². The van der Waals surface area contributed by atoms with Crippen LogP contribution in [0.25, 0.3) is 0 Å². The van der Waals surface area contributed by atoms with E-state index >= 15 is 0 Å². The van der Waals surface area contributed by atoms with Gasteiger partial charge < -0.3 is 10.2 Å². The first-order valence-corrected chi connectivity index (χ1v) is 7.83. The largest absolute Gasteiger partial charge is 0.341 e. The molecule has 0 radical (unpaired) electrons. The van der Waals surface area contributed by atoms with Crippen LogP contribution < -0.4 is 5.32 Å². The maximum absolute atomic E-state index is 12.5. The van der Waals surface area contributed by atoms with Crippen molar-refractivity contribution >= 4 is 5.91 Å². The highest BCUT2D eigenvalue weighted by atomic mass is 16.2. The van der Waals surface area contributed by atoms with Crippen LogP contribution in [0.1, 0.15) is 58.3 Å². The van der Waals surface area contributed by atoms with Crippen LogP contribution in [0.3, 0.4) is 0 Å². The van der Waals surface area contributed by atoms with Crippen LogP contribution >= 0.6 is 0 Å². The van der Waals surface area contributed by atoms with Crippen molar-refractivity contribution in [2.45, 2.75) is 64.3 Å². The van der Waals surface area contributed by atoms with Crippen LogP contribution in [0.5, 0.6) is 0 Å². The second kappa shape index (κ2) is 7.13. The van der Waals surface area contributed by atoms with Crippen LogP contribution in [-0.2, 0) is 4.79 Å². The van der Waals surface area contributed by atoms with Crippen LogP contribution in [0, 0.1) is 5.92 Å². The summed E-state index contributed by atoms with van der Waals surface area (Å²) in [5.74, 6) is 0.776. The molecule has 3 nitrogen and oxygen atoms in total. The van der Waals surface area contributed by atoms with Gasteiger partial charge in [-0.15, -0.1) is 0 Å². The average Bonchev–Trinajstić information content (AvgIpc) is 3.06. The minimum atomic E-state index is 0.336. The van der Waals surface area contributed by atoms with Crippen LogP contribution in [0.2, 0.25) is 0 Å². The highest BCUT2D eigenvalue weighted by Crippen LogP contribution is 2.27. The summed E-state index contributed by atoms with van der Waals surface area (Å²) in [6.07, 6.45) is 9.57. The summed E-state index contributed by atoms with van der Waals surface area (Å²) < 4.78 is 0. The molecule has 0 spiro atoms. The summed E-state index contributed by atoms with van der Waals surface area (Å²) in [4.78, 5) is 14.7. The van der Waals surface area contributed by atoms with E-state index in [1.807, 2.05) is 0 Å². The molecule has 0 aromatic carbocycles. The fourth-order valence-electron chi connectivity index (χ4n) is 3.25. The van der Waals surface area contributed by atoms with E-state index in [0.29, 0.717) is 17.9 Å². The van der Waals surface area contributed by atoms with Gasteiger partial charge in [0, 0.05) is 25.0 Å². The zero-order chi connectivity index (χ0) is 12.8. The molecule has 0 aromatic heterocycles. The molecule has 1 saturated carbocycles. The van der Waals surface area contributed by atoms with E-state index in [-0.39, 0.29) is 0 Å². The zero-order valence-corrected chi connectivity index (χ0v) is 11.8. The number of hydrogen-bond acceptors (Lipinski definition) is 2. The van der Waals surface area contributed by atoms with Crippen LogP contribution in [0.4, 0.5) is 0 Å². The third-order valence-corrected chi connectivity index (χ3v) is 4.40. The van der Waals surface area contributed by atoms with Gasteiger partial charge in [0.25, 0.3) is 0 Å². The molecule has 1 heterocycles. The van der Waals surface area contributed by atoms with Crippen molar-refractivity contribution < 1.29 is 4.79 Å². The summed E-state index contributed by atoms with van der Waals surface area (Å²) >= 11 is 0. The molecule has 18 heavy (non-hydrogen) atoms. The molecule has 3 heteroatoms. The van der Waals surface area contributed by atoms with Crippen molar-refractivity contribution in [3.63, 3.8) is 0 Å². The van der Waals surface area contributed by atoms with E-state index in [9.17, 15) is 4.79 Å². The second-order valence-electron chi connectivity index (χ2n) is 5.91. The highest BCUT2D eigenvalue weighted by molar-refractivity contribution is 5.79. The molecule has 1 aliphatic heterocycles. The van der Waals surface area contributed by atoms with E-state index < -0.39 is 0 Å². The third-order valence-electron chi connectivity index (χ3n) is 4.40. The fraction of sp³-hybridized carbons (Fsp3) is 0.933. The van der Waals surface area contributed by atoms with E-state index in [0.717, 1.165) is 38.9 Å². The monoisotopic (exact) mass is 252 g/mol. The minimum Gasteiger partial charge on any atom is -0.341 e. The first kappa shape index (κ1) is 13.9. The van der Waals surface area contributed by atoms with Gasteiger partial charge in [-0.2, -0.15) is 0 Å². The molecule has 104 valence electrons. The minimum absolute atomic E-state index is 0.336. The molecule has 1 amide bonds. The van der Waals surface area contributed by atoms with Crippen molar-refractivity contribution in [1.82, 2.24) is 10.2 Å². The average molecular weight is 252 g/mol. The molecule has 1 N–H and O–H groups in total. The lowest BCUT2D eigenvalue weighted by Crippen LogP contribution is -2.43. The van der Waals surface area contributed by atoms with Gasteiger partial charge in [-0.1, -0.05) is 26.2 Å². The van der Waals surface area contributed by atoms with Gasteiger partial charge in [0.2, 0.25) is 5.91 Å². The summed E-state index contributed by atoms with van der Waals surface area (Å²) in [6.45, 7) is 5.23. The Balaban J connectivity index is 1.87. The van der Waals surface area contributed by atoms with Crippen molar-refractivity contribution in [2.24, 2.45) is 5.92 Å². The molecule has 0 aromatic rings. The number of unbranched alkanes of at least 4 members (excludes halogenated alkanes) is 1. The zero-order valence-electron chi connectivity index (χ0n) is 11.8. The Kier molecular flexibility index (Phi) is 5.48. The van der Waals surface area contributed by atoms with Gasteiger partial charge in [0.15, 0.2) is 0 Å². The summed E-state index contributed by atoms with van der Waals surface area (Å²) in [5.41, 5.74) is 0. The van der Waals surface area contributed by atoms with Crippen molar-refractivity contribution in [3.05, 3.63) is 0 Å². The van der Waals surface area contributed by atoms with Crippen LogP contribution in [0.15, 0.2) is 0 Å². The summed E-state index contributed by atoms with van der Waals surface area (Å²) in [7, 11) is 0. The standard InChI is InChI=1S/C15H28N2O/c1-2-3-11-17(12-14-9-6-10-16-14)15(18)13-7-4-5-8-13/h13-14,16H,2-12H2,1H3. The van der Waals surface area contributed by atoms with Gasteiger partial charge in [0.1, 0.15) is 0 Å². The van der Waals surface area contributed by atoms with Crippen molar-refractivity contribution in [3.8, 4) is 0 Å². The number of carbonyl (C=O) groups is 1. The molecule has 1 atom stereocenters. The summed E-state index contributed by atoms with van der Waals surface area (Å²) in [5, 5.41) is 3.52. The number of nitrogens with one attached hydrogen (secondary N) is 1. The van der Waals surface area contributed by atoms with Gasteiger partial charge in [0.05, 0.1) is 0 Å². The first-order chi connectivity index (χ1) is 8.81. The van der Waals surface area contributed by atoms with E-state index in [1.54, 1.807) is 0 Å². The summed E-state index contributed by atoms with van der Waals surface area (Å²) in [6, 6.07) is 0.548. The number of nitrogens with zero attached hydrogens (tertiary/aromatic N) is 1. The van der Waals surface area contributed by atoms with Gasteiger partial charge in [-0.3, -0.25) is 4.79 Å². The number of amides is 1. The van der Waals surface area contributed by atoms with Gasteiger partial charge >= 0.3 is 0 Å². The molecular weight excluding hydrogens is 224 g/mol. The lowest BCUT2D eigenvalue weighted by Gasteiger charge is -2.28. The topological polar surface area (TPSA) is 32.3 Å². The Morgan fingerprint density at radius 3 is 2.61 bits per heavy atom. The van der Waals surface area contributed by atoms with Crippen molar-refractivity contribution in [2.75, 3.05) is 19.6 Å². The lowest BCUT2D eigenvalue weighted by molar-refractivity contribution is -0.135. The fourth-order valence-corrected chi connectivity index (χ4v) is 3.25. The molecule has 1 saturated heterocycles. The molecule has 1 unspecified atom stereocenters. The first-order valence-electron chi connectivity index (χ1n) is 7.83. The molecule has 1 aliphatic carbocycles. The maximum atomic E-state index is 12.5. The van der Waals surface area contributed by atoms with Crippen molar-refractivity contribution in [1.29, 1.82) is 0 Å². The Morgan fingerprint density at radius 2 is 2.00 bits per heavy atom. The van der Waals surface area contributed by atoms with E-state index in [4.69, 9.17) is 0 Å². The van der Waals surface area contributed by atoms with Gasteiger partial charge in [-0.05, 0) is 38.6 Å².